The second-order valence-corrected chi connectivity index (χ2v) is 6.40. The lowest BCUT2D eigenvalue weighted by Gasteiger charge is -2.21. The molecule has 1 fully saturated rings. The van der Waals surface area contributed by atoms with Crippen LogP contribution in [-0.2, 0) is 17.9 Å². The summed E-state index contributed by atoms with van der Waals surface area (Å²) in [6.45, 7) is 0. The SMILES string of the molecule is Fc1cc(C2(Nc3cc(C(F)(F)F)nc4ncnn34)CC2)ccc1C(F)(F)F. The Hall–Kier alpha value is -2.92. The summed E-state index contributed by atoms with van der Waals surface area (Å²) in [6.07, 6.45) is -7.78. The van der Waals surface area contributed by atoms with Crippen LogP contribution in [0.2, 0.25) is 0 Å². The van der Waals surface area contributed by atoms with Gasteiger partial charge in [0.05, 0.1) is 11.1 Å². The van der Waals surface area contributed by atoms with Crippen molar-refractivity contribution < 1.29 is 30.7 Å². The maximum atomic E-state index is 13.9. The summed E-state index contributed by atoms with van der Waals surface area (Å²) in [6, 6.07) is 3.19. The molecule has 2 aromatic heterocycles. The molecule has 2 heterocycles. The summed E-state index contributed by atoms with van der Waals surface area (Å²) in [5, 5.41) is 6.65. The molecule has 0 amide bonds. The Balaban J connectivity index is 1.73. The number of nitrogens with zero attached hydrogens (tertiary/aromatic N) is 4. The fraction of sp³-hybridized carbons (Fsp3) is 0.312. The smallest absolute Gasteiger partial charge is 0.360 e. The highest BCUT2D eigenvalue weighted by molar-refractivity contribution is 5.51. The number of alkyl halides is 6. The largest absolute Gasteiger partial charge is 0.433 e. The molecule has 0 saturated heterocycles. The van der Waals surface area contributed by atoms with Crippen LogP contribution in [0.5, 0.6) is 0 Å². The van der Waals surface area contributed by atoms with Crippen molar-refractivity contribution in [3.05, 3.63) is 53.2 Å². The van der Waals surface area contributed by atoms with E-state index >= 15 is 0 Å². The Morgan fingerprint density at radius 3 is 2.29 bits per heavy atom. The van der Waals surface area contributed by atoms with Gasteiger partial charge in [0.25, 0.3) is 5.78 Å². The van der Waals surface area contributed by atoms with Gasteiger partial charge in [0, 0.05) is 6.07 Å². The van der Waals surface area contributed by atoms with Gasteiger partial charge in [-0.25, -0.2) is 9.37 Å². The molecule has 148 valence electrons. The molecular formula is C16H10F7N5. The summed E-state index contributed by atoms with van der Waals surface area (Å²) >= 11 is 0. The van der Waals surface area contributed by atoms with E-state index in [0.29, 0.717) is 18.9 Å². The van der Waals surface area contributed by atoms with Gasteiger partial charge >= 0.3 is 12.4 Å². The van der Waals surface area contributed by atoms with E-state index in [9.17, 15) is 30.7 Å². The quantitative estimate of drug-likeness (QED) is 0.657. The van der Waals surface area contributed by atoms with Gasteiger partial charge in [0.2, 0.25) is 0 Å². The zero-order chi connectivity index (χ0) is 20.3. The van der Waals surface area contributed by atoms with Crippen LogP contribution in [0.3, 0.4) is 0 Å². The lowest BCUT2D eigenvalue weighted by Crippen LogP contribution is -2.23. The molecular weight excluding hydrogens is 395 g/mol. The van der Waals surface area contributed by atoms with Crippen LogP contribution >= 0.6 is 0 Å². The average Bonchev–Trinajstić information content (AvgIpc) is 3.19. The second-order valence-electron chi connectivity index (χ2n) is 6.40. The number of benzene rings is 1. The molecule has 0 unspecified atom stereocenters. The number of hydrogen-bond acceptors (Lipinski definition) is 4. The fourth-order valence-electron chi connectivity index (χ4n) is 2.95. The Bertz CT molecular complexity index is 1050. The first kappa shape index (κ1) is 18.4. The van der Waals surface area contributed by atoms with Crippen molar-refractivity contribution in [3.8, 4) is 0 Å². The number of halogens is 7. The van der Waals surface area contributed by atoms with Crippen molar-refractivity contribution in [1.82, 2.24) is 19.6 Å². The highest BCUT2D eigenvalue weighted by Crippen LogP contribution is 2.49. The van der Waals surface area contributed by atoms with Crippen molar-refractivity contribution in [2.75, 3.05) is 5.32 Å². The first-order valence-electron chi connectivity index (χ1n) is 7.93. The van der Waals surface area contributed by atoms with E-state index in [2.05, 4.69) is 20.4 Å². The van der Waals surface area contributed by atoms with Crippen LogP contribution in [0.15, 0.2) is 30.6 Å². The minimum atomic E-state index is -4.84. The average molecular weight is 405 g/mol. The molecule has 1 saturated carbocycles. The summed E-state index contributed by atoms with van der Waals surface area (Å²) < 4.78 is 92.4. The molecule has 12 heteroatoms. The van der Waals surface area contributed by atoms with Gasteiger partial charge in [-0.2, -0.15) is 40.9 Å². The van der Waals surface area contributed by atoms with E-state index in [1.54, 1.807) is 0 Å². The van der Waals surface area contributed by atoms with Gasteiger partial charge in [0.1, 0.15) is 18.0 Å². The minimum absolute atomic E-state index is 0.104. The van der Waals surface area contributed by atoms with Crippen molar-refractivity contribution in [2.24, 2.45) is 0 Å². The molecule has 0 aliphatic heterocycles. The zero-order valence-electron chi connectivity index (χ0n) is 13.7. The third-order valence-electron chi connectivity index (χ3n) is 4.49. The first-order chi connectivity index (χ1) is 13.0. The highest BCUT2D eigenvalue weighted by atomic mass is 19.4. The van der Waals surface area contributed by atoms with Crippen molar-refractivity contribution in [3.63, 3.8) is 0 Å². The fourth-order valence-corrected chi connectivity index (χ4v) is 2.95. The molecule has 4 rings (SSSR count). The predicted molar refractivity (Wildman–Crippen MR) is 81.7 cm³/mol. The standard InChI is InChI=1S/C16H10F7N5/c17-10-5-8(1-2-9(10)15(18,19)20)14(3-4-14)27-12-6-11(16(21,22)23)26-13-24-7-25-28(12)13/h1-2,5-7,27H,3-4H2. The molecule has 3 aromatic rings. The maximum Gasteiger partial charge on any atom is 0.433 e. The van der Waals surface area contributed by atoms with Crippen LogP contribution in [0.1, 0.15) is 29.7 Å². The van der Waals surface area contributed by atoms with Crippen LogP contribution < -0.4 is 5.32 Å². The van der Waals surface area contributed by atoms with E-state index in [-0.39, 0.29) is 17.2 Å². The molecule has 0 atom stereocenters. The van der Waals surface area contributed by atoms with Crippen molar-refractivity contribution >= 4 is 11.6 Å². The topological polar surface area (TPSA) is 55.1 Å². The summed E-state index contributed by atoms with van der Waals surface area (Å²) in [7, 11) is 0. The van der Waals surface area contributed by atoms with Crippen molar-refractivity contribution in [2.45, 2.75) is 30.7 Å². The minimum Gasteiger partial charge on any atom is -0.360 e. The first-order valence-corrected chi connectivity index (χ1v) is 7.93. The van der Waals surface area contributed by atoms with E-state index < -0.39 is 35.0 Å². The van der Waals surface area contributed by atoms with Gasteiger partial charge in [-0.15, -0.1) is 0 Å². The van der Waals surface area contributed by atoms with Crippen LogP contribution in [-0.4, -0.2) is 19.6 Å². The van der Waals surface area contributed by atoms with Gasteiger partial charge in [-0.05, 0) is 30.5 Å². The van der Waals surface area contributed by atoms with Crippen LogP contribution in [0.25, 0.3) is 5.78 Å². The maximum absolute atomic E-state index is 13.9. The van der Waals surface area contributed by atoms with Crippen LogP contribution in [0, 0.1) is 5.82 Å². The number of rotatable bonds is 3. The van der Waals surface area contributed by atoms with E-state index in [1.165, 1.54) is 0 Å². The predicted octanol–water partition coefficient (Wildman–Crippen LogP) is 4.40. The Morgan fingerprint density at radius 2 is 1.71 bits per heavy atom. The third-order valence-corrected chi connectivity index (χ3v) is 4.49. The number of fused-ring (bicyclic) bond motifs is 1. The number of aromatic nitrogens is 4. The molecule has 1 aromatic carbocycles. The zero-order valence-corrected chi connectivity index (χ0v) is 13.7. The Labute approximate surface area is 152 Å². The Kier molecular flexibility index (Phi) is 3.81. The molecule has 0 radical (unpaired) electrons. The molecule has 28 heavy (non-hydrogen) atoms. The van der Waals surface area contributed by atoms with Crippen molar-refractivity contribution in [1.29, 1.82) is 0 Å². The van der Waals surface area contributed by atoms with Gasteiger partial charge in [-0.3, -0.25) is 0 Å². The molecule has 1 aliphatic rings. The second kappa shape index (κ2) is 5.79. The van der Waals surface area contributed by atoms with E-state index in [4.69, 9.17) is 0 Å². The number of anilines is 1. The molecule has 0 bridgehead atoms. The monoisotopic (exact) mass is 405 g/mol. The van der Waals surface area contributed by atoms with E-state index in [1.807, 2.05) is 0 Å². The molecule has 5 nitrogen and oxygen atoms in total. The summed E-state index contributed by atoms with van der Waals surface area (Å²) in [5.74, 6) is -1.85. The summed E-state index contributed by atoms with van der Waals surface area (Å²) in [4.78, 5) is 7.03. The molecule has 0 spiro atoms. The lowest BCUT2D eigenvalue weighted by atomic mass is 10.0. The lowest BCUT2D eigenvalue weighted by molar-refractivity contribution is -0.141. The van der Waals surface area contributed by atoms with Gasteiger partial charge in [0.15, 0.2) is 5.69 Å². The van der Waals surface area contributed by atoms with Crippen LogP contribution in [0.4, 0.5) is 36.6 Å². The molecule has 1 aliphatic carbocycles. The van der Waals surface area contributed by atoms with Gasteiger partial charge in [-0.1, -0.05) is 6.07 Å². The number of nitrogens with one attached hydrogen (secondary N) is 1. The third kappa shape index (κ3) is 3.12. The van der Waals surface area contributed by atoms with E-state index in [0.717, 1.165) is 29.0 Å². The molecule has 1 N–H and O–H groups in total. The summed E-state index contributed by atoms with van der Waals surface area (Å²) in [5.41, 5.74) is -3.43. The highest BCUT2D eigenvalue weighted by Gasteiger charge is 2.46. The van der Waals surface area contributed by atoms with Gasteiger partial charge < -0.3 is 5.32 Å². The Morgan fingerprint density at radius 1 is 1.00 bits per heavy atom. The number of hydrogen-bond donors (Lipinski definition) is 1. The normalized spacial score (nSPS) is 16.4.